The van der Waals surface area contributed by atoms with Crippen LogP contribution in [0.15, 0.2) is 60.8 Å². The van der Waals surface area contributed by atoms with E-state index in [0.29, 0.717) is 12.1 Å². The van der Waals surface area contributed by atoms with Crippen LogP contribution in [0.4, 0.5) is 5.69 Å². The van der Waals surface area contributed by atoms with E-state index in [4.69, 9.17) is 9.47 Å². The van der Waals surface area contributed by atoms with Crippen molar-refractivity contribution in [2.75, 3.05) is 12.1 Å². The van der Waals surface area contributed by atoms with Gasteiger partial charge in [0.15, 0.2) is 11.5 Å². The molecule has 0 spiro atoms. The molecule has 0 saturated heterocycles. The second kappa shape index (κ2) is 6.09. The van der Waals surface area contributed by atoms with Crippen LogP contribution in [0.1, 0.15) is 27.8 Å². The smallest absolute Gasteiger partial charge is 0.258 e. The highest BCUT2D eigenvalue weighted by molar-refractivity contribution is 6.01. The molecule has 1 aromatic heterocycles. The molecule has 1 amide bonds. The van der Waals surface area contributed by atoms with E-state index in [1.165, 1.54) is 0 Å². The van der Waals surface area contributed by atoms with Crippen molar-refractivity contribution in [3.05, 3.63) is 77.6 Å². The summed E-state index contributed by atoms with van der Waals surface area (Å²) in [4.78, 5) is 15.1. The molecule has 136 valence electrons. The number of nitrogens with zero attached hydrogens (tertiary/aromatic N) is 2. The van der Waals surface area contributed by atoms with E-state index in [1.807, 2.05) is 77.3 Å². The molecule has 0 radical (unpaired) electrons. The van der Waals surface area contributed by atoms with Gasteiger partial charge in [0.05, 0.1) is 11.3 Å². The van der Waals surface area contributed by atoms with Crippen molar-refractivity contribution >= 4 is 11.6 Å². The highest BCUT2D eigenvalue weighted by atomic mass is 16.7. The van der Waals surface area contributed by atoms with E-state index < -0.39 is 0 Å². The number of anilines is 1. The van der Waals surface area contributed by atoms with Gasteiger partial charge in [0.1, 0.15) is 6.17 Å². The number of amides is 1. The summed E-state index contributed by atoms with van der Waals surface area (Å²) in [6, 6.07) is 17.5. The molecule has 2 aliphatic rings. The molecular formula is C21H19N3O3. The van der Waals surface area contributed by atoms with Gasteiger partial charge < -0.3 is 24.3 Å². The number of aromatic nitrogens is 1. The molecule has 1 atom stereocenters. The summed E-state index contributed by atoms with van der Waals surface area (Å²) in [5, 5.41) is 3.52. The Morgan fingerprint density at radius 2 is 1.93 bits per heavy atom. The van der Waals surface area contributed by atoms with Gasteiger partial charge >= 0.3 is 0 Å². The number of nitrogens with one attached hydrogen (secondary N) is 1. The van der Waals surface area contributed by atoms with Crippen molar-refractivity contribution in [3.63, 3.8) is 0 Å². The summed E-state index contributed by atoms with van der Waals surface area (Å²) in [5.74, 6) is 1.47. The molecule has 2 aliphatic heterocycles. The summed E-state index contributed by atoms with van der Waals surface area (Å²) >= 11 is 0. The molecule has 6 heteroatoms. The highest BCUT2D eigenvalue weighted by Crippen LogP contribution is 2.36. The quantitative estimate of drug-likeness (QED) is 0.776. The van der Waals surface area contributed by atoms with Crippen LogP contribution in [0.25, 0.3) is 0 Å². The lowest BCUT2D eigenvalue weighted by Crippen LogP contribution is -2.43. The molecule has 0 aliphatic carbocycles. The van der Waals surface area contributed by atoms with Crippen LogP contribution in [0.5, 0.6) is 11.5 Å². The minimum atomic E-state index is -0.252. The zero-order valence-electron chi connectivity index (χ0n) is 14.9. The molecule has 0 bridgehead atoms. The Kier molecular flexibility index (Phi) is 3.57. The van der Waals surface area contributed by atoms with Crippen molar-refractivity contribution in [3.8, 4) is 11.5 Å². The molecular weight excluding hydrogens is 342 g/mol. The summed E-state index contributed by atoms with van der Waals surface area (Å²) < 4.78 is 12.9. The summed E-state index contributed by atoms with van der Waals surface area (Å²) in [7, 11) is 1.99. The molecule has 6 nitrogen and oxygen atoms in total. The second-order valence-corrected chi connectivity index (χ2v) is 6.76. The number of benzene rings is 2. The standard InChI is InChI=1S/C21H19N3O3/c1-23-10-4-7-17(23)20-22-16-6-3-2-5-15(16)21(25)24(20)12-14-8-9-18-19(11-14)27-13-26-18/h2-11,20,22H,12-13H2,1H3. The number of fused-ring (bicyclic) bond motifs is 2. The van der Waals surface area contributed by atoms with Crippen LogP contribution in [-0.2, 0) is 13.6 Å². The van der Waals surface area contributed by atoms with Crippen LogP contribution in [0.2, 0.25) is 0 Å². The van der Waals surface area contributed by atoms with Gasteiger partial charge in [-0.3, -0.25) is 4.79 Å². The first-order valence-corrected chi connectivity index (χ1v) is 8.87. The lowest BCUT2D eigenvalue weighted by Gasteiger charge is -2.38. The van der Waals surface area contributed by atoms with E-state index in [1.54, 1.807) is 0 Å². The number of hydrogen-bond acceptors (Lipinski definition) is 4. The normalized spacial score (nSPS) is 17.6. The molecule has 3 aromatic rings. The number of para-hydroxylation sites is 1. The number of hydrogen-bond donors (Lipinski definition) is 1. The number of ether oxygens (including phenoxy) is 2. The maximum absolute atomic E-state index is 13.3. The largest absolute Gasteiger partial charge is 0.454 e. The Hall–Kier alpha value is -3.41. The van der Waals surface area contributed by atoms with Gasteiger partial charge in [-0.15, -0.1) is 0 Å². The van der Waals surface area contributed by atoms with Crippen LogP contribution in [-0.4, -0.2) is 22.2 Å². The lowest BCUT2D eigenvalue weighted by molar-refractivity contribution is 0.0660. The van der Waals surface area contributed by atoms with E-state index in [0.717, 1.165) is 28.4 Å². The lowest BCUT2D eigenvalue weighted by atomic mass is 10.0. The Balaban J connectivity index is 1.54. The average Bonchev–Trinajstić information content (AvgIpc) is 3.32. The van der Waals surface area contributed by atoms with Crippen molar-refractivity contribution < 1.29 is 14.3 Å². The molecule has 3 heterocycles. The van der Waals surface area contributed by atoms with Gasteiger partial charge in [-0.05, 0) is 42.0 Å². The average molecular weight is 361 g/mol. The third-order valence-corrected chi connectivity index (χ3v) is 5.08. The van der Waals surface area contributed by atoms with Gasteiger partial charge in [0.25, 0.3) is 5.91 Å². The van der Waals surface area contributed by atoms with E-state index in [9.17, 15) is 4.79 Å². The van der Waals surface area contributed by atoms with Gasteiger partial charge in [-0.2, -0.15) is 0 Å². The topological polar surface area (TPSA) is 55.7 Å². The SMILES string of the molecule is Cn1cccc1C1Nc2ccccc2C(=O)N1Cc1ccc2c(c1)OCO2. The predicted octanol–water partition coefficient (Wildman–Crippen LogP) is 3.52. The number of carbonyl (C=O) groups is 1. The van der Waals surface area contributed by atoms with Crippen LogP contribution < -0.4 is 14.8 Å². The Morgan fingerprint density at radius 1 is 1.07 bits per heavy atom. The molecule has 0 saturated carbocycles. The molecule has 5 rings (SSSR count). The van der Waals surface area contributed by atoms with Crippen LogP contribution in [0.3, 0.4) is 0 Å². The number of rotatable bonds is 3. The fourth-order valence-corrected chi connectivity index (χ4v) is 3.68. The Bertz CT molecular complexity index is 1030. The zero-order chi connectivity index (χ0) is 18.4. The Morgan fingerprint density at radius 3 is 2.78 bits per heavy atom. The maximum atomic E-state index is 13.3. The second-order valence-electron chi connectivity index (χ2n) is 6.76. The van der Waals surface area contributed by atoms with Gasteiger partial charge in [0, 0.05) is 25.5 Å². The first kappa shape index (κ1) is 15.8. The monoisotopic (exact) mass is 361 g/mol. The first-order chi connectivity index (χ1) is 13.2. The van der Waals surface area contributed by atoms with Crippen molar-refractivity contribution in [1.82, 2.24) is 9.47 Å². The molecule has 1 unspecified atom stereocenters. The summed E-state index contributed by atoms with van der Waals surface area (Å²) in [5.41, 5.74) is 3.56. The van der Waals surface area contributed by atoms with E-state index >= 15 is 0 Å². The third-order valence-electron chi connectivity index (χ3n) is 5.08. The maximum Gasteiger partial charge on any atom is 0.258 e. The van der Waals surface area contributed by atoms with E-state index in [2.05, 4.69) is 5.32 Å². The first-order valence-electron chi connectivity index (χ1n) is 8.87. The van der Waals surface area contributed by atoms with Crippen molar-refractivity contribution in [2.24, 2.45) is 7.05 Å². The predicted molar refractivity (Wildman–Crippen MR) is 101 cm³/mol. The highest BCUT2D eigenvalue weighted by Gasteiger charge is 2.34. The minimum absolute atomic E-state index is 0.00761. The third kappa shape index (κ3) is 2.61. The fourth-order valence-electron chi connectivity index (χ4n) is 3.68. The van der Waals surface area contributed by atoms with Crippen molar-refractivity contribution in [1.29, 1.82) is 0 Å². The van der Waals surface area contributed by atoms with Crippen LogP contribution in [0, 0.1) is 0 Å². The molecule has 2 aromatic carbocycles. The number of aryl methyl sites for hydroxylation is 1. The molecule has 0 fully saturated rings. The van der Waals surface area contributed by atoms with Gasteiger partial charge in [-0.1, -0.05) is 18.2 Å². The van der Waals surface area contributed by atoms with Gasteiger partial charge in [-0.25, -0.2) is 0 Å². The fraction of sp³-hybridized carbons (Fsp3) is 0.190. The molecule has 1 N–H and O–H groups in total. The Labute approximate surface area is 156 Å². The zero-order valence-corrected chi connectivity index (χ0v) is 14.9. The summed E-state index contributed by atoms with van der Waals surface area (Å²) in [6.45, 7) is 0.703. The molecule has 27 heavy (non-hydrogen) atoms. The van der Waals surface area contributed by atoms with E-state index in [-0.39, 0.29) is 18.9 Å². The summed E-state index contributed by atoms with van der Waals surface area (Å²) in [6.07, 6.45) is 1.73. The van der Waals surface area contributed by atoms with Crippen molar-refractivity contribution in [2.45, 2.75) is 12.7 Å². The number of carbonyl (C=O) groups excluding carboxylic acids is 1. The van der Waals surface area contributed by atoms with Gasteiger partial charge in [0.2, 0.25) is 6.79 Å². The van der Waals surface area contributed by atoms with Crippen LogP contribution >= 0.6 is 0 Å². The minimum Gasteiger partial charge on any atom is -0.454 e.